The Morgan fingerprint density at radius 2 is 1.72 bits per heavy atom. The van der Waals surface area contributed by atoms with Crippen molar-refractivity contribution in [2.75, 3.05) is 13.6 Å². The average Bonchev–Trinajstić information content (AvgIpc) is 2.98. The van der Waals surface area contributed by atoms with Gasteiger partial charge in [-0.1, -0.05) is 13.8 Å². The summed E-state index contributed by atoms with van der Waals surface area (Å²) in [5.41, 5.74) is -1.98. The first-order valence-electron chi connectivity index (χ1n) is 9.93. The molecular formula is C20H35N3O6. The van der Waals surface area contributed by atoms with Crippen LogP contribution >= 0.6 is 0 Å². The van der Waals surface area contributed by atoms with Crippen molar-refractivity contribution < 1.29 is 29.0 Å². The molecule has 166 valence electrons. The molecule has 0 aromatic rings. The second-order valence-corrected chi connectivity index (χ2v) is 9.17. The second kappa shape index (κ2) is 9.00. The zero-order valence-electron chi connectivity index (χ0n) is 18.7. The molecule has 2 N–H and O–H groups in total. The minimum Gasteiger partial charge on any atom is -0.480 e. The fourth-order valence-electron chi connectivity index (χ4n) is 3.16. The van der Waals surface area contributed by atoms with Crippen LogP contribution in [0.5, 0.6) is 0 Å². The Labute approximate surface area is 172 Å². The highest BCUT2D eigenvalue weighted by Crippen LogP contribution is 2.30. The highest BCUT2D eigenvalue weighted by atomic mass is 16.6. The Balaban J connectivity index is 2.93. The molecule has 0 spiro atoms. The monoisotopic (exact) mass is 413 g/mol. The van der Waals surface area contributed by atoms with Gasteiger partial charge in [0.05, 0.1) is 0 Å². The van der Waals surface area contributed by atoms with Crippen molar-refractivity contribution in [3.05, 3.63) is 0 Å². The molecule has 29 heavy (non-hydrogen) atoms. The van der Waals surface area contributed by atoms with E-state index in [4.69, 9.17) is 4.74 Å². The third kappa shape index (κ3) is 5.83. The molecule has 9 heteroatoms. The van der Waals surface area contributed by atoms with Crippen LogP contribution in [-0.2, 0) is 19.1 Å². The highest BCUT2D eigenvalue weighted by Gasteiger charge is 2.48. The van der Waals surface area contributed by atoms with Crippen LogP contribution in [0.4, 0.5) is 4.79 Å². The number of hydrogen-bond acceptors (Lipinski definition) is 5. The van der Waals surface area contributed by atoms with Gasteiger partial charge < -0.3 is 20.1 Å². The van der Waals surface area contributed by atoms with Crippen molar-refractivity contribution in [2.45, 2.75) is 84.5 Å². The summed E-state index contributed by atoms with van der Waals surface area (Å²) in [5, 5.41) is 12.3. The smallest absolute Gasteiger partial charge is 0.410 e. The van der Waals surface area contributed by atoms with Crippen molar-refractivity contribution in [2.24, 2.45) is 5.92 Å². The van der Waals surface area contributed by atoms with Crippen molar-refractivity contribution >= 4 is 23.9 Å². The predicted octanol–water partition coefficient (Wildman–Crippen LogP) is 1.85. The van der Waals surface area contributed by atoms with E-state index in [0.717, 1.165) is 0 Å². The molecule has 3 atom stereocenters. The van der Waals surface area contributed by atoms with E-state index in [-0.39, 0.29) is 5.92 Å². The van der Waals surface area contributed by atoms with Crippen LogP contribution in [-0.4, -0.2) is 75.6 Å². The van der Waals surface area contributed by atoms with Gasteiger partial charge in [0.2, 0.25) is 11.8 Å². The lowest BCUT2D eigenvalue weighted by atomic mass is 9.96. The van der Waals surface area contributed by atoms with Crippen LogP contribution in [0.1, 0.15) is 61.3 Å². The molecule has 1 fully saturated rings. The number of hydrogen-bond donors (Lipinski definition) is 2. The lowest BCUT2D eigenvalue weighted by Gasteiger charge is -2.36. The van der Waals surface area contributed by atoms with Crippen LogP contribution in [0.3, 0.4) is 0 Å². The molecule has 3 amide bonds. The van der Waals surface area contributed by atoms with Crippen LogP contribution < -0.4 is 5.32 Å². The molecule has 1 heterocycles. The maximum absolute atomic E-state index is 13.1. The number of nitrogens with zero attached hydrogens (tertiary/aromatic N) is 2. The lowest BCUT2D eigenvalue weighted by Crippen LogP contribution is -2.60. The maximum Gasteiger partial charge on any atom is 0.410 e. The second-order valence-electron chi connectivity index (χ2n) is 9.17. The van der Waals surface area contributed by atoms with E-state index >= 15 is 0 Å². The molecule has 0 radical (unpaired) electrons. The van der Waals surface area contributed by atoms with Crippen LogP contribution in [0.15, 0.2) is 0 Å². The molecule has 1 aliphatic rings. The summed E-state index contributed by atoms with van der Waals surface area (Å²) in [7, 11) is 1.45. The molecule has 2 unspecified atom stereocenters. The molecule has 0 saturated carbocycles. The van der Waals surface area contributed by atoms with Gasteiger partial charge in [-0.15, -0.1) is 0 Å². The fourth-order valence-corrected chi connectivity index (χ4v) is 3.16. The number of amides is 3. The van der Waals surface area contributed by atoms with E-state index in [2.05, 4.69) is 5.32 Å². The van der Waals surface area contributed by atoms with Crippen LogP contribution in [0, 0.1) is 5.92 Å². The largest absolute Gasteiger partial charge is 0.480 e. The minimum atomic E-state index is -1.28. The Morgan fingerprint density at radius 3 is 2.17 bits per heavy atom. The van der Waals surface area contributed by atoms with E-state index in [1.165, 1.54) is 23.8 Å². The van der Waals surface area contributed by atoms with Gasteiger partial charge in [-0.2, -0.15) is 0 Å². The standard InChI is InChI=1S/C20H35N3O6/c1-12(2)14(16(25)23-11-9-10-20(23,7)17(26)27)21-15(24)13(3)22(8)18(28)29-19(4,5)6/h12-14H,9-11H2,1-8H3,(H,21,24)(H,26,27)/t13?,14-,20?/m0/s1. The van der Waals surface area contributed by atoms with Gasteiger partial charge in [0.15, 0.2) is 0 Å². The van der Waals surface area contributed by atoms with Gasteiger partial charge in [-0.05, 0) is 53.4 Å². The summed E-state index contributed by atoms with van der Waals surface area (Å²) in [6.07, 6.45) is 0.306. The Kier molecular flexibility index (Phi) is 7.67. The zero-order chi connectivity index (χ0) is 22.7. The normalized spacial score (nSPS) is 21.5. The highest BCUT2D eigenvalue weighted by molar-refractivity contribution is 5.94. The number of nitrogens with one attached hydrogen (secondary N) is 1. The summed E-state index contributed by atoms with van der Waals surface area (Å²) < 4.78 is 5.27. The number of carbonyl (C=O) groups is 4. The molecule has 1 aliphatic heterocycles. The lowest BCUT2D eigenvalue weighted by molar-refractivity contribution is -0.157. The summed E-state index contributed by atoms with van der Waals surface area (Å²) in [4.78, 5) is 52.2. The van der Waals surface area contributed by atoms with E-state index < -0.39 is 47.1 Å². The number of ether oxygens (including phenoxy) is 1. The van der Waals surface area contributed by atoms with Gasteiger partial charge in [-0.25, -0.2) is 9.59 Å². The summed E-state index contributed by atoms with van der Waals surface area (Å²) in [5.74, 6) is -2.26. The Bertz CT molecular complexity index is 657. The maximum atomic E-state index is 13.1. The Hall–Kier alpha value is -2.32. The number of likely N-dealkylation sites (tertiary alicyclic amines) is 1. The first-order chi connectivity index (χ1) is 13.1. The Morgan fingerprint density at radius 1 is 1.17 bits per heavy atom. The zero-order valence-corrected chi connectivity index (χ0v) is 18.7. The van der Waals surface area contributed by atoms with E-state index in [1.807, 2.05) is 0 Å². The molecule has 0 aromatic heterocycles. The predicted molar refractivity (Wildman–Crippen MR) is 107 cm³/mol. The third-order valence-electron chi connectivity index (χ3n) is 5.24. The first-order valence-corrected chi connectivity index (χ1v) is 9.93. The summed E-state index contributed by atoms with van der Waals surface area (Å²) >= 11 is 0. The molecule has 0 aliphatic carbocycles. The van der Waals surface area contributed by atoms with E-state index in [9.17, 15) is 24.3 Å². The quantitative estimate of drug-likeness (QED) is 0.686. The number of likely N-dealkylation sites (N-methyl/N-ethyl adjacent to an activating group) is 1. The summed E-state index contributed by atoms with van der Waals surface area (Å²) in [6, 6.07) is -1.77. The van der Waals surface area contributed by atoms with Gasteiger partial charge in [0.25, 0.3) is 0 Å². The number of aliphatic carboxylic acids is 1. The fraction of sp³-hybridized carbons (Fsp3) is 0.800. The van der Waals surface area contributed by atoms with Crippen molar-refractivity contribution in [1.29, 1.82) is 0 Å². The van der Waals surface area contributed by atoms with Crippen LogP contribution in [0.25, 0.3) is 0 Å². The minimum absolute atomic E-state index is 0.260. The number of carbonyl (C=O) groups excluding carboxylic acids is 3. The number of carboxylic acids is 1. The number of rotatable bonds is 6. The van der Waals surface area contributed by atoms with E-state index in [1.54, 1.807) is 41.5 Å². The van der Waals surface area contributed by atoms with Gasteiger partial charge in [0, 0.05) is 13.6 Å². The van der Waals surface area contributed by atoms with Crippen LogP contribution in [0.2, 0.25) is 0 Å². The van der Waals surface area contributed by atoms with Gasteiger partial charge in [-0.3, -0.25) is 14.5 Å². The first kappa shape index (κ1) is 24.7. The topological polar surface area (TPSA) is 116 Å². The summed E-state index contributed by atoms with van der Waals surface area (Å²) in [6.45, 7) is 12.1. The molecule has 1 saturated heterocycles. The SMILES string of the molecule is CC(C)[C@H](NC(=O)C(C)N(C)C(=O)OC(C)(C)C)C(=O)N1CCCC1(C)C(=O)O. The van der Waals surface area contributed by atoms with E-state index in [0.29, 0.717) is 19.4 Å². The van der Waals surface area contributed by atoms with Crippen molar-refractivity contribution in [3.63, 3.8) is 0 Å². The van der Waals surface area contributed by atoms with Gasteiger partial charge >= 0.3 is 12.1 Å². The van der Waals surface area contributed by atoms with Crippen molar-refractivity contribution in [1.82, 2.24) is 15.1 Å². The third-order valence-corrected chi connectivity index (χ3v) is 5.24. The average molecular weight is 414 g/mol. The van der Waals surface area contributed by atoms with Gasteiger partial charge in [0.1, 0.15) is 23.2 Å². The molecule has 9 nitrogen and oxygen atoms in total. The number of carboxylic acid groups (broad SMARTS) is 1. The molecular weight excluding hydrogens is 378 g/mol. The van der Waals surface area contributed by atoms with Crippen molar-refractivity contribution in [3.8, 4) is 0 Å². The molecule has 0 aromatic carbocycles. The molecule has 0 bridgehead atoms. The molecule has 1 rings (SSSR count).